The normalized spacial score (nSPS) is 11.6. The van der Waals surface area contributed by atoms with Gasteiger partial charge in [-0.3, -0.25) is 0 Å². The second kappa shape index (κ2) is 4.53. The Kier molecular flexibility index (Phi) is 3.18. The predicted molar refractivity (Wildman–Crippen MR) is 61.2 cm³/mol. The summed E-state index contributed by atoms with van der Waals surface area (Å²) in [6, 6.07) is 5.93. The van der Waals surface area contributed by atoms with Gasteiger partial charge < -0.3 is 5.73 Å². The van der Waals surface area contributed by atoms with Crippen LogP contribution in [-0.4, -0.2) is 0 Å². The zero-order valence-corrected chi connectivity index (χ0v) is 9.43. The molecule has 0 atom stereocenters. The molecule has 0 aliphatic rings. The first-order valence-corrected chi connectivity index (χ1v) is 5.21. The number of nitrogens with two attached hydrogens (primary N) is 1. The Morgan fingerprint density at radius 3 is 2.05 bits per heavy atom. The van der Waals surface area contributed by atoms with Crippen molar-refractivity contribution in [2.45, 2.75) is 6.18 Å². The van der Waals surface area contributed by atoms with Crippen molar-refractivity contribution >= 4 is 5.69 Å². The van der Waals surface area contributed by atoms with Gasteiger partial charge in [0.25, 0.3) is 0 Å². The summed E-state index contributed by atoms with van der Waals surface area (Å²) < 4.78 is 64.1. The van der Waals surface area contributed by atoms with Crippen LogP contribution in [0.3, 0.4) is 0 Å². The van der Waals surface area contributed by atoms with Gasteiger partial charge in [0.2, 0.25) is 0 Å². The van der Waals surface area contributed by atoms with Crippen LogP contribution in [0.25, 0.3) is 11.1 Å². The Labute approximate surface area is 105 Å². The van der Waals surface area contributed by atoms with E-state index in [2.05, 4.69) is 0 Å². The van der Waals surface area contributed by atoms with Gasteiger partial charge in [-0.2, -0.15) is 13.2 Å². The van der Waals surface area contributed by atoms with Crippen LogP contribution in [0, 0.1) is 11.6 Å². The molecule has 0 saturated carbocycles. The molecule has 0 spiro atoms. The number of rotatable bonds is 1. The summed E-state index contributed by atoms with van der Waals surface area (Å²) in [6.07, 6.45) is -4.78. The molecule has 0 aromatic heterocycles. The molecule has 1 nitrogen and oxygen atoms in total. The molecule has 0 radical (unpaired) electrons. The van der Waals surface area contributed by atoms with E-state index in [1.807, 2.05) is 0 Å². The number of hydrogen-bond acceptors (Lipinski definition) is 1. The number of halogens is 5. The molecule has 2 aromatic rings. The lowest BCUT2D eigenvalue weighted by molar-refractivity contribution is -0.139. The van der Waals surface area contributed by atoms with Crippen LogP contribution in [-0.2, 0) is 6.18 Å². The van der Waals surface area contributed by atoms with Crippen molar-refractivity contribution in [3.63, 3.8) is 0 Å². The summed E-state index contributed by atoms with van der Waals surface area (Å²) in [7, 11) is 0. The molecule has 0 aliphatic carbocycles. The lowest BCUT2D eigenvalue weighted by Crippen LogP contribution is -2.07. The van der Waals surface area contributed by atoms with E-state index in [9.17, 15) is 22.0 Å². The minimum atomic E-state index is -4.78. The average Bonchev–Trinajstić information content (AvgIpc) is 2.26. The van der Waals surface area contributed by atoms with Gasteiger partial charge in [-0.15, -0.1) is 0 Å². The highest BCUT2D eigenvalue weighted by atomic mass is 19.4. The SMILES string of the molecule is Nc1ccc(-c2ccc(C(F)(F)F)c(F)c2)c(F)c1. The van der Waals surface area contributed by atoms with Crippen molar-refractivity contribution in [3.05, 3.63) is 53.6 Å². The van der Waals surface area contributed by atoms with Crippen LogP contribution in [0.1, 0.15) is 5.56 Å². The Balaban J connectivity index is 2.51. The lowest BCUT2D eigenvalue weighted by Gasteiger charge is -2.10. The number of alkyl halides is 3. The van der Waals surface area contributed by atoms with Gasteiger partial charge in [-0.1, -0.05) is 6.07 Å². The summed E-state index contributed by atoms with van der Waals surface area (Å²) in [5.74, 6) is -2.17. The highest BCUT2D eigenvalue weighted by Gasteiger charge is 2.34. The quantitative estimate of drug-likeness (QED) is 0.610. The number of nitrogen functional groups attached to an aromatic ring is 1. The Morgan fingerprint density at radius 2 is 1.53 bits per heavy atom. The maximum atomic E-state index is 13.6. The second-order valence-corrected chi connectivity index (χ2v) is 3.93. The lowest BCUT2D eigenvalue weighted by atomic mass is 10.0. The van der Waals surface area contributed by atoms with Gasteiger partial charge in [-0.25, -0.2) is 8.78 Å². The van der Waals surface area contributed by atoms with E-state index in [-0.39, 0.29) is 16.8 Å². The topological polar surface area (TPSA) is 26.0 Å². The first-order valence-electron chi connectivity index (χ1n) is 5.21. The standard InChI is InChI=1S/C13H8F5N/c14-11-6-8(19)2-3-9(11)7-1-4-10(12(15)5-7)13(16,17)18/h1-6H,19H2. The third kappa shape index (κ3) is 2.67. The highest BCUT2D eigenvalue weighted by molar-refractivity contribution is 5.66. The second-order valence-electron chi connectivity index (χ2n) is 3.93. The summed E-state index contributed by atoms with van der Waals surface area (Å²) in [4.78, 5) is 0. The van der Waals surface area contributed by atoms with E-state index in [0.29, 0.717) is 12.1 Å². The number of anilines is 1. The molecule has 0 amide bonds. The maximum absolute atomic E-state index is 13.6. The largest absolute Gasteiger partial charge is 0.419 e. The van der Waals surface area contributed by atoms with E-state index >= 15 is 0 Å². The fourth-order valence-corrected chi connectivity index (χ4v) is 1.68. The molecule has 100 valence electrons. The molecule has 0 bridgehead atoms. The van der Waals surface area contributed by atoms with Crippen LogP contribution in [0.4, 0.5) is 27.6 Å². The fraction of sp³-hybridized carbons (Fsp3) is 0.0769. The zero-order valence-electron chi connectivity index (χ0n) is 9.43. The van der Waals surface area contributed by atoms with E-state index in [4.69, 9.17) is 5.73 Å². The molecule has 0 aliphatic heterocycles. The summed E-state index contributed by atoms with van der Waals surface area (Å²) in [5.41, 5.74) is 4.15. The van der Waals surface area contributed by atoms with Crippen molar-refractivity contribution < 1.29 is 22.0 Å². The van der Waals surface area contributed by atoms with Crippen LogP contribution < -0.4 is 5.73 Å². The smallest absolute Gasteiger partial charge is 0.399 e. The van der Waals surface area contributed by atoms with Crippen LogP contribution in [0.2, 0.25) is 0 Å². The van der Waals surface area contributed by atoms with Gasteiger partial charge in [0, 0.05) is 11.3 Å². The van der Waals surface area contributed by atoms with Crippen molar-refractivity contribution in [1.82, 2.24) is 0 Å². The molecule has 2 aromatic carbocycles. The Bertz CT molecular complexity index is 619. The molecular formula is C13H8F5N. The molecule has 2 rings (SSSR count). The predicted octanol–water partition coefficient (Wildman–Crippen LogP) is 4.23. The van der Waals surface area contributed by atoms with E-state index in [0.717, 1.165) is 12.1 Å². The zero-order chi connectivity index (χ0) is 14.2. The van der Waals surface area contributed by atoms with Crippen molar-refractivity contribution in [2.24, 2.45) is 0 Å². The van der Waals surface area contributed by atoms with Crippen molar-refractivity contribution in [3.8, 4) is 11.1 Å². The third-order valence-electron chi connectivity index (χ3n) is 2.58. The average molecular weight is 273 g/mol. The number of hydrogen-bond donors (Lipinski definition) is 1. The van der Waals surface area contributed by atoms with E-state index in [1.54, 1.807) is 0 Å². The molecule has 6 heteroatoms. The van der Waals surface area contributed by atoms with E-state index in [1.165, 1.54) is 12.1 Å². The Morgan fingerprint density at radius 1 is 0.842 bits per heavy atom. The van der Waals surface area contributed by atoms with Crippen LogP contribution in [0.15, 0.2) is 36.4 Å². The van der Waals surface area contributed by atoms with Crippen LogP contribution >= 0.6 is 0 Å². The Hall–Kier alpha value is -2.11. The van der Waals surface area contributed by atoms with Crippen LogP contribution in [0.5, 0.6) is 0 Å². The first kappa shape index (κ1) is 13.3. The van der Waals surface area contributed by atoms with Gasteiger partial charge in [-0.05, 0) is 35.9 Å². The summed E-state index contributed by atoms with van der Waals surface area (Å²) in [6.45, 7) is 0. The molecular weight excluding hydrogens is 265 g/mol. The van der Waals surface area contributed by atoms with Crippen molar-refractivity contribution in [2.75, 3.05) is 5.73 Å². The van der Waals surface area contributed by atoms with Gasteiger partial charge in [0.15, 0.2) is 0 Å². The van der Waals surface area contributed by atoms with Gasteiger partial charge in [0.05, 0.1) is 5.56 Å². The summed E-state index contributed by atoms with van der Waals surface area (Å²) in [5, 5.41) is 0. The molecule has 0 fully saturated rings. The molecule has 2 N–H and O–H groups in total. The maximum Gasteiger partial charge on any atom is 0.419 e. The minimum absolute atomic E-state index is 0.0122. The fourth-order valence-electron chi connectivity index (χ4n) is 1.68. The molecule has 0 unspecified atom stereocenters. The van der Waals surface area contributed by atoms with Gasteiger partial charge >= 0.3 is 6.18 Å². The highest BCUT2D eigenvalue weighted by Crippen LogP contribution is 2.34. The molecule has 0 heterocycles. The third-order valence-corrected chi connectivity index (χ3v) is 2.58. The minimum Gasteiger partial charge on any atom is -0.399 e. The first-order chi connectivity index (χ1) is 8.79. The van der Waals surface area contributed by atoms with E-state index < -0.39 is 23.4 Å². The summed E-state index contributed by atoms with van der Waals surface area (Å²) >= 11 is 0. The number of benzene rings is 2. The van der Waals surface area contributed by atoms with Gasteiger partial charge in [0.1, 0.15) is 11.6 Å². The molecule has 19 heavy (non-hydrogen) atoms. The molecule has 0 saturated heterocycles. The van der Waals surface area contributed by atoms with Crippen molar-refractivity contribution in [1.29, 1.82) is 0 Å². The monoisotopic (exact) mass is 273 g/mol.